The normalized spacial score (nSPS) is 10.8. The highest BCUT2D eigenvalue weighted by atomic mass is 32.1. The molecular weight excluding hydrogens is 336 g/mol. The van der Waals surface area contributed by atoms with E-state index in [9.17, 15) is 13.6 Å². The summed E-state index contributed by atoms with van der Waals surface area (Å²) in [6, 6.07) is 8.08. The van der Waals surface area contributed by atoms with Crippen LogP contribution in [-0.2, 0) is 0 Å². The van der Waals surface area contributed by atoms with Crippen molar-refractivity contribution in [2.45, 2.75) is 0 Å². The van der Waals surface area contributed by atoms with Crippen LogP contribution in [0.5, 0.6) is 5.75 Å². The van der Waals surface area contributed by atoms with Gasteiger partial charge in [-0.25, -0.2) is 8.78 Å². The minimum atomic E-state index is -0.547. The number of hydrogen-bond donors (Lipinski definition) is 3. The molecular formula is C16H13F2N3O2S. The zero-order valence-corrected chi connectivity index (χ0v) is 13.2. The SMILES string of the molecule is O=C(NCCOc1cccc(F)c1)c1cc(F)cc2[nH]c(=S)[nH]c12. The van der Waals surface area contributed by atoms with Crippen molar-refractivity contribution in [2.75, 3.05) is 13.2 Å². The average molecular weight is 349 g/mol. The molecule has 0 aliphatic heterocycles. The highest BCUT2D eigenvalue weighted by Gasteiger charge is 2.13. The third-order valence-corrected chi connectivity index (χ3v) is 3.49. The van der Waals surface area contributed by atoms with Gasteiger partial charge < -0.3 is 20.0 Å². The first-order chi connectivity index (χ1) is 11.5. The summed E-state index contributed by atoms with van der Waals surface area (Å²) >= 11 is 4.96. The summed E-state index contributed by atoms with van der Waals surface area (Å²) in [6.07, 6.45) is 0. The number of imidazole rings is 1. The maximum absolute atomic E-state index is 13.6. The molecule has 3 rings (SSSR count). The first kappa shape index (κ1) is 16.1. The molecule has 3 N–H and O–H groups in total. The van der Waals surface area contributed by atoms with Crippen LogP contribution >= 0.6 is 12.2 Å². The molecule has 1 heterocycles. The largest absolute Gasteiger partial charge is 0.492 e. The van der Waals surface area contributed by atoms with Crippen LogP contribution in [0, 0.1) is 16.4 Å². The van der Waals surface area contributed by atoms with Crippen LogP contribution in [0.1, 0.15) is 10.4 Å². The number of fused-ring (bicyclic) bond motifs is 1. The number of benzene rings is 2. The molecule has 0 saturated carbocycles. The fraction of sp³-hybridized carbons (Fsp3) is 0.125. The van der Waals surface area contributed by atoms with E-state index in [1.807, 2.05) is 0 Å². The van der Waals surface area contributed by atoms with E-state index in [1.54, 1.807) is 6.07 Å². The molecule has 0 radical (unpaired) electrons. The topological polar surface area (TPSA) is 69.9 Å². The summed E-state index contributed by atoms with van der Waals surface area (Å²) in [7, 11) is 0. The van der Waals surface area contributed by atoms with E-state index in [-0.39, 0.29) is 18.7 Å². The third-order valence-electron chi connectivity index (χ3n) is 3.29. The van der Waals surface area contributed by atoms with Crippen LogP contribution in [-0.4, -0.2) is 29.0 Å². The van der Waals surface area contributed by atoms with Crippen molar-refractivity contribution in [1.29, 1.82) is 0 Å². The number of nitrogens with one attached hydrogen (secondary N) is 3. The van der Waals surface area contributed by atoms with Gasteiger partial charge in [-0.1, -0.05) is 6.07 Å². The maximum atomic E-state index is 13.6. The van der Waals surface area contributed by atoms with Gasteiger partial charge in [0.1, 0.15) is 24.0 Å². The molecule has 0 saturated heterocycles. The van der Waals surface area contributed by atoms with Gasteiger partial charge in [0.05, 0.1) is 23.1 Å². The Kier molecular flexibility index (Phi) is 4.57. The van der Waals surface area contributed by atoms with Crippen LogP contribution in [0.15, 0.2) is 36.4 Å². The van der Waals surface area contributed by atoms with E-state index in [2.05, 4.69) is 15.3 Å². The second-order valence-electron chi connectivity index (χ2n) is 5.02. The summed E-state index contributed by atoms with van der Waals surface area (Å²) in [5, 5.41) is 2.62. The molecule has 124 valence electrons. The van der Waals surface area contributed by atoms with Gasteiger partial charge >= 0.3 is 0 Å². The molecule has 0 unspecified atom stereocenters. The zero-order valence-electron chi connectivity index (χ0n) is 12.4. The Morgan fingerprint density at radius 2 is 2.00 bits per heavy atom. The molecule has 0 aliphatic carbocycles. The number of carbonyl (C=O) groups is 1. The van der Waals surface area contributed by atoms with Gasteiger partial charge in [0.2, 0.25) is 0 Å². The number of aromatic amines is 2. The van der Waals surface area contributed by atoms with Crippen molar-refractivity contribution >= 4 is 29.2 Å². The summed E-state index contributed by atoms with van der Waals surface area (Å²) in [5.41, 5.74) is 0.995. The first-order valence-electron chi connectivity index (χ1n) is 7.11. The predicted molar refractivity (Wildman–Crippen MR) is 87.7 cm³/mol. The van der Waals surface area contributed by atoms with E-state index < -0.39 is 17.5 Å². The van der Waals surface area contributed by atoms with Crippen LogP contribution in [0.3, 0.4) is 0 Å². The first-order valence-corrected chi connectivity index (χ1v) is 7.52. The Morgan fingerprint density at radius 1 is 1.17 bits per heavy atom. The van der Waals surface area contributed by atoms with Crippen molar-refractivity contribution in [3.63, 3.8) is 0 Å². The lowest BCUT2D eigenvalue weighted by Crippen LogP contribution is -2.28. The smallest absolute Gasteiger partial charge is 0.253 e. The number of H-pyrrole nitrogens is 2. The van der Waals surface area contributed by atoms with Crippen LogP contribution in [0.25, 0.3) is 11.0 Å². The lowest BCUT2D eigenvalue weighted by atomic mass is 10.1. The Labute approximate surface area is 140 Å². The lowest BCUT2D eigenvalue weighted by molar-refractivity contribution is 0.0948. The van der Waals surface area contributed by atoms with Crippen molar-refractivity contribution in [2.24, 2.45) is 0 Å². The van der Waals surface area contributed by atoms with Crippen molar-refractivity contribution in [1.82, 2.24) is 15.3 Å². The quantitative estimate of drug-likeness (QED) is 0.489. The van der Waals surface area contributed by atoms with E-state index in [0.717, 1.165) is 6.07 Å². The fourth-order valence-corrected chi connectivity index (χ4v) is 2.48. The van der Waals surface area contributed by atoms with Crippen LogP contribution < -0.4 is 10.1 Å². The lowest BCUT2D eigenvalue weighted by Gasteiger charge is -2.08. The van der Waals surface area contributed by atoms with Gasteiger partial charge in [-0.2, -0.15) is 0 Å². The standard InChI is InChI=1S/C16H13F2N3O2S/c17-9-2-1-3-11(6-9)23-5-4-19-15(22)12-7-10(18)8-13-14(12)21-16(24)20-13/h1-3,6-8H,4-5H2,(H,19,22)(H2,20,21,24). The highest BCUT2D eigenvalue weighted by molar-refractivity contribution is 7.71. The maximum Gasteiger partial charge on any atom is 0.253 e. The Bertz CT molecular complexity index is 952. The van der Waals surface area contributed by atoms with E-state index in [0.29, 0.717) is 21.6 Å². The van der Waals surface area contributed by atoms with Gasteiger partial charge in [0.25, 0.3) is 5.91 Å². The third kappa shape index (κ3) is 3.60. The number of ether oxygens (including phenoxy) is 1. The predicted octanol–water partition coefficient (Wildman–Crippen LogP) is 3.31. The Morgan fingerprint density at radius 3 is 2.79 bits per heavy atom. The molecule has 1 amide bonds. The summed E-state index contributed by atoms with van der Waals surface area (Å²) in [6.45, 7) is 0.329. The van der Waals surface area contributed by atoms with Gasteiger partial charge in [-0.15, -0.1) is 0 Å². The average Bonchev–Trinajstić information content (AvgIpc) is 2.90. The molecule has 0 fully saturated rings. The van der Waals surface area contributed by atoms with Crippen molar-refractivity contribution < 1.29 is 18.3 Å². The Hall–Kier alpha value is -2.74. The second-order valence-corrected chi connectivity index (χ2v) is 5.43. The van der Waals surface area contributed by atoms with Crippen molar-refractivity contribution in [3.05, 3.63) is 58.4 Å². The van der Waals surface area contributed by atoms with E-state index in [4.69, 9.17) is 17.0 Å². The molecule has 24 heavy (non-hydrogen) atoms. The van der Waals surface area contributed by atoms with Gasteiger partial charge in [-0.05, 0) is 36.5 Å². The number of aromatic nitrogens is 2. The number of amides is 1. The number of hydrogen-bond acceptors (Lipinski definition) is 3. The molecule has 0 aliphatic rings. The van der Waals surface area contributed by atoms with E-state index in [1.165, 1.54) is 24.3 Å². The van der Waals surface area contributed by atoms with Gasteiger partial charge in [0, 0.05) is 6.07 Å². The molecule has 2 aromatic carbocycles. The minimum absolute atomic E-state index is 0.142. The molecule has 0 bridgehead atoms. The van der Waals surface area contributed by atoms with Gasteiger partial charge in [-0.3, -0.25) is 4.79 Å². The fourth-order valence-electron chi connectivity index (χ4n) is 2.27. The zero-order chi connectivity index (χ0) is 17.1. The van der Waals surface area contributed by atoms with Crippen molar-refractivity contribution in [3.8, 4) is 5.75 Å². The molecule has 0 atom stereocenters. The minimum Gasteiger partial charge on any atom is -0.492 e. The van der Waals surface area contributed by atoms with E-state index >= 15 is 0 Å². The summed E-state index contributed by atoms with van der Waals surface area (Å²) < 4.78 is 32.3. The highest BCUT2D eigenvalue weighted by Crippen LogP contribution is 2.18. The summed E-state index contributed by atoms with van der Waals surface area (Å²) in [5.74, 6) is -1.05. The monoisotopic (exact) mass is 349 g/mol. The Balaban J connectivity index is 1.64. The van der Waals surface area contributed by atoms with Crippen LogP contribution in [0.2, 0.25) is 0 Å². The number of rotatable bonds is 5. The second kappa shape index (κ2) is 6.79. The molecule has 8 heteroatoms. The molecule has 3 aromatic rings. The molecule has 0 spiro atoms. The van der Waals surface area contributed by atoms with Gasteiger partial charge in [0.15, 0.2) is 4.77 Å². The summed E-state index contributed by atoms with van der Waals surface area (Å²) in [4.78, 5) is 17.8. The number of halogens is 2. The molecule has 1 aromatic heterocycles. The number of carbonyl (C=O) groups excluding carboxylic acids is 1. The van der Waals surface area contributed by atoms with Crippen LogP contribution in [0.4, 0.5) is 8.78 Å². The molecule has 5 nitrogen and oxygen atoms in total.